The monoisotopic (exact) mass is 562 g/mol. The normalized spacial score (nSPS) is 13.4. The molecule has 1 unspecified atom stereocenters. The summed E-state index contributed by atoms with van der Waals surface area (Å²) in [6, 6.07) is 20.9. The van der Waals surface area contributed by atoms with Gasteiger partial charge in [-0.2, -0.15) is 11.1 Å². The van der Waals surface area contributed by atoms with Crippen LogP contribution < -0.4 is 4.74 Å². The third-order valence-corrected chi connectivity index (χ3v) is 5.31. The van der Waals surface area contributed by atoms with Crippen LogP contribution in [0.5, 0.6) is 5.75 Å². The van der Waals surface area contributed by atoms with Gasteiger partial charge in [0.1, 0.15) is 5.75 Å². The van der Waals surface area contributed by atoms with Gasteiger partial charge in [-0.25, -0.2) is 5.57 Å². The van der Waals surface area contributed by atoms with Crippen LogP contribution >= 0.6 is 24.8 Å². The molecule has 0 spiro atoms. The van der Waals surface area contributed by atoms with Crippen molar-refractivity contribution in [2.24, 2.45) is 5.92 Å². The van der Waals surface area contributed by atoms with Gasteiger partial charge in [0.15, 0.2) is 0 Å². The molecule has 0 aromatic heterocycles. The molecule has 0 saturated heterocycles. The van der Waals surface area contributed by atoms with Crippen LogP contribution in [0.2, 0.25) is 0 Å². The molecule has 0 heterocycles. The van der Waals surface area contributed by atoms with E-state index in [0.29, 0.717) is 5.92 Å². The zero-order valence-electron chi connectivity index (χ0n) is 20.1. The Morgan fingerprint density at radius 1 is 0.906 bits per heavy atom. The predicted molar refractivity (Wildman–Crippen MR) is 145 cm³/mol. The molecule has 32 heavy (non-hydrogen) atoms. The van der Waals surface area contributed by atoms with Crippen molar-refractivity contribution >= 4 is 42.5 Å². The van der Waals surface area contributed by atoms with Gasteiger partial charge in [0.2, 0.25) is 0 Å². The van der Waals surface area contributed by atoms with E-state index in [-0.39, 0.29) is 39.7 Å². The van der Waals surface area contributed by atoms with Crippen molar-refractivity contribution in [2.45, 2.75) is 27.7 Å². The van der Waals surface area contributed by atoms with Crippen LogP contribution in [-0.4, -0.2) is 14.0 Å². The Morgan fingerprint density at radius 3 is 1.97 bits per heavy atom. The molecule has 0 amide bonds. The second kappa shape index (κ2) is 17.5. The summed E-state index contributed by atoms with van der Waals surface area (Å²) >= 11 is 1.36. The number of benzene rings is 2. The summed E-state index contributed by atoms with van der Waals surface area (Å²) < 4.78 is 5.42. The van der Waals surface area contributed by atoms with E-state index in [1.54, 1.807) is 7.11 Å². The summed E-state index contributed by atoms with van der Waals surface area (Å²) in [4.78, 5) is 0. The molecule has 1 aliphatic rings. The molecule has 1 atom stereocenters. The van der Waals surface area contributed by atoms with Crippen LogP contribution in [0.15, 0.2) is 77.4 Å². The molecule has 5 heteroatoms. The van der Waals surface area contributed by atoms with E-state index in [2.05, 4.69) is 83.1 Å². The number of allylic oxidation sites excluding steroid dienone is 4. The molecular formula is C27H34Cl2OSiZr-4. The van der Waals surface area contributed by atoms with Gasteiger partial charge in [-0.05, 0) is 11.6 Å². The first-order valence-corrected chi connectivity index (χ1v) is 13.5. The molecule has 4 rings (SSSR count). The number of hydrogen-bond acceptors (Lipinski definition) is 1. The van der Waals surface area contributed by atoms with Crippen molar-refractivity contribution in [3.63, 3.8) is 0 Å². The quantitative estimate of drug-likeness (QED) is 0.225. The second-order valence-corrected chi connectivity index (χ2v) is 6.83. The molecular weight excluding hydrogens is 531 g/mol. The van der Waals surface area contributed by atoms with E-state index < -0.39 is 0 Å². The minimum atomic E-state index is 0. The third kappa shape index (κ3) is 8.41. The van der Waals surface area contributed by atoms with E-state index in [4.69, 9.17) is 4.74 Å². The van der Waals surface area contributed by atoms with Gasteiger partial charge < -0.3 is 19.6 Å². The van der Waals surface area contributed by atoms with Crippen molar-refractivity contribution in [3.8, 4) is 16.9 Å². The van der Waals surface area contributed by atoms with E-state index in [0.717, 1.165) is 11.3 Å². The van der Waals surface area contributed by atoms with Crippen LogP contribution in [-0.2, 0) is 23.3 Å². The van der Waals surface area contributed by atoms with Crippen LogP contribution in [0.3, 0.4) is 0 Å². The number of rotatable bonds is 2. The first kappa shape index (κ1) is 35.6. The predicted octanol–water partition coefficient (Wildman–Crippen LogP) is 8.32. The summed E-state index contributed by atoms with van der Waals surface area (Å²) in [5.41, 5.74) is 6.63. The summed E-state index contributed by atoms with van der Waals surface area (Å²) in [5, 5.41) is 2.55. The first-order chi connectivity index (χ1) is 13.5. The average Bonchev–Trinajstić information content (AvgIpc) is 3.26. The SMILES string of the molecule is CC1=[C-]C(C)C(C)=C1C.COc1ccccc1-c1c[cH-]c2ccccc12.Cl.Cl.[CH3-].[CH3-].[Si]=[Zr]. The number of halogens is 2. The van der Waals surface area contributed by atoms with Crippen molar-refractivity contribution in [1.82, 2.24) is 0 Å². The average molecular weight is 565 g/mol. The maximum absolute atomic E-state index is 5.42. The van der Waals surface area contributed by atoms with Crippen LogP contribution in [0.4, 0.5) is 0 Å². The van der Waals surface area contributed by atoms with E-state index >= 15 is 0 Å². The molecule has 0 bridgehead atoms. The fourth-order valence-electron chi connectivity index (χ4n) is 3.41. The van der Waals surface area contributed by atoms with Gasteiger partial charge in [0.05, 0.1) is 7.11 Å². The molecule has 1 nitrogen and oxygen atoms in total. The van der Waals surface area contributed by atoms with Crippen molar-refractivity contribution in [2.75, 3.05) is 7.11 Å². The maximum atomic E-state index is 5.42. The number of hydrogen-bond donors (Lipinski definition) is 0. The number of fused-ring (bicyclic) bond motifs is 1. The summed E-state index contributed by atoms with van der Waals surface area (Å²) in [7, 11) is 1.71. The van der Waals surface area contributed by atoms with Crippen LogP contribution in [0.1, 0.15) is 27.7 Å². The Hall–Kier alpha value is -0.990. The molecule has 0 N–H and O–H groups in total. The Kier molecular flexibility index (Phi) is 19.4. The van der Waals surface area contributed by atoms with Gasteiger partial charge in [0, 0.05) is 0 Å². The van der Waals surface area contributed by atoms with Crippen molar-refractivity contribution < 1.29 is 28.1 Å². The van der Waals surface area contributed by atoms with Gasteiger partial charge >= 0.3 is 30.2 Å². The van der Waals surface area contributed by atoms with Gasteiger partial charge in [-0.15, -0.1) is 78.4 Å². The summed E-state index contributed by atoms with van der Waals surface area (Å²) in [6.07, 6.45) is 3.36. The Balaban J connectivity index is -0.000000490. The third-order valence-electron chi connectivity index (χ3n) is 5.31. The van der Waals surface area contributed by atoms with E-state index in [1.807, 2.05) is 18.2 Å². The summed E-state index contributed by atoms with van der Waals surface area (Å²) in [5.74, 6) is 1.48. The van der Waals surface area contributed by atoms with Crippen molar-refractivity contribution in [3.05, 3.63) is 98.3 Å². The van der Waals surface area contributed by atoms with Crippen molar-refractivity contribution in [1.29, 1.82) is 0 Å². The molecule has 2 radical (unpaired) electrons. The second-order valence-electron chi connectivity index (χ2n) is 6.83. The van der Waals surface area contributed by atoms with Gasteiger partial charge in [-0.1, -0.05) is 51.0 Å². The van der Waals surface area contributed by atoms with Crippen LogP contribution in [0.25, 0.3) is 21.9 Å². The zero-order chi connectivity index (χ0) is 20.7. The Labute approximate surface area is 225 Å². The summed E-state index contributed by atoms with van der Waals surface area (Å²) in [6.45, 7) is 11.7. The molecule has 3 aromatic carbocycles. The molecule has 0 saturated carbocycles. The van der Waals surface area contributed by atoms with Gasteiger partial charge in [0.25, 0.3) is 0 Å². The fourth-order valence-corrected chi connectivity index (χ4v) is 3.41. The molecule has 3 aromatic rings. The first-order valence-electron chi connectivity index (χ1n) is 9.33. The van der Waals surface area contributed by atoms with Crippen LogP contribution in [0, 0.1) is 26.8 Å². The number of para-hydroxylation sites is 1. The van der Waals surface area contributed by atoms with E-state index in [9.17, 15) is 0 Å². The minimum absolute atomic E-state index is 0. The fraction of sp³-hybridized carbons (Fsp3) is 0.222. The standard InChI is InChI=1S/C16H13O.C9H13.2CH3.2ClH.Si.Zr/c1-17-16-9-5-4-8-15(16)14-11-10-12-6-2-3-7-13(12)14;1-6-5-7(2)9(4)8(6)3;;;;;;/h2-11H,1H3;6H,1-4H3;2*1H3;2*1H;;/q4*-1;;;;. The topological polar surface area (TPSA) is 9.23 Å². The van der Waals surface area contributed by atoms with E-state index in [1.165, 1.54) is 56.4 Å². The molecule has 1 aliphatic carbocycles. The van der Waals surface area contributed by atoms with Gasteiger partial charge in [-0.3, -0.25) is 6.08 Å². The number of methoxy groups -OCH3 is 1. The Morgan fingerprint density at radius 2 is 1.47 bits per heavy atom. The number of ether oxygens (including phenoxy) is 1. The molecule has 174 valence electrons. The zero-order valence-corrected chi connectivity index (χ0v) is 25.2. The molecule has 0 aliphatic heterocycles. The molecule has 0 fully saturated rings. The Bertz CT molecular complexity index is 1010.